The summed E-state index contributed by atoms with van der Waals surface area (Å²) in [6.07, 6.45) is -8.19. The Morgan fingerprint density at radius 1 is 1.21 bits per heavy atom. The van der Waals surface area contributed by atoms with Crippen molar-refractivity contribution in [1.29, 1.82) is 0 Å². The topological polar surface area (TPSA) is 109 Å². The minimum absolute atomic E-state index is 0.177. The Balaban J connectivity index is 1.67. The molecule has 0 amide bonds. The predicted molar refractivity (Wildman–Crippen MR) is 139 cm³/mol. The van der Waals surface area contributed by atoms with E-state index < -0.39 is 71.6 Å². The van der Waals surface area contributed by atoms with Gasteiger partial charge in [-0.3, -0.25) is 9.59 Å². The predicted octanol–water partition coefficient (Wildman–Crippen LogP) is 4.88. The molecular formula is C28H38F3NO6S. The van der Waals surface area contributed by atoms with Gasteiger partial charge in [0.2, 0.25) is 0 Å². The number of nitrogens with zero attached hydrogens (tertiary/aromatic N) is 1. The van der Waals surface area contributed by atoms with Crippen molar-refractivity contribution in [2.75, 3.05) is 0 Å². The Morgan fingerprint density at radius 3 is 2.46 bits per heavy atom. The lowest BCUT2D eigenvalue weighted by Gasteiger charge is -2.34. The van der Waals surface area contributed by atoms with Gasteiger partial charge in [0, 0.05) is 17.7 Å². The van der Waals surface area contributed by atoms with Crippen LogP contribution in [0.25, 0.3) is 6.08 Å². The van der Waals surface area contributed by atoms with Gasteiger partial charge in [0.1, 0.15) is 18.0 Å². The molecule has 3 fully saturated rings. The largest absolute Gasteiger partial charge is 0.458 e. The van der Waals surface area contributed by atoms with Crippen molar-refractivity contribution >= 4 is 29.2 Å². The molecule has 39 heavy (non-hydrogen) atoms. The molecule has 0 aromatic carbocycles. The molecule has 218 valence electrons. The smallest absolute Gasteiger partial charge is 0.420 e. The summed E-state index contributed by atoms with van der Waals surface area (Å²) in [4.78, 5) is 30.6. The zero-order chi connectivity index (χ0) is 29.1. The van der Waals surface area contributed by atoms with Crippen molar-refractivity contribution in [3.05, 3.63) is 21.7 Å². The van der Waals surface area contributed by atoms with E-state index in [2.05, 4.69) is 4.98 Å². The molecule has 9 atom stereocenters. The number of alkyl halides is 3. The molecule has 1 aliphatic carbocycles. The number of aliphatic hydroxyl groups is 2. The van der Waals surface area contributed by atoms with Crippen LogP contribution in [0.2, 0.25) is 0 Å². The fourth-order valence-electron chi connectivity index (χ4n) is 6.07. The van der Waals surface area contributed by atoms with Gasteiger partial charge in [-0.05, 0) is 56.1 Å². The number of thiazole rings is 1. The van der Waals surface area contributed by atoms with Gasteiger partial charge in [0.15, 0.2) is 5.60 Å². The van der Waals surface area contributed by atoms with Gasteiger partial charge in [0.25, 0.3) is 0 Å². The fourth-order valence-corrected chi connectivity index (χ4v) is 6.64. The number of fused-ring (bicyclic) bond motifs is 2. The molecule has 2 aliphatic heterocycles. The van der Waals surface area contributed by atoms with E-state index in [9.17, 15) is 33.0 Å². The van der Waals surface area contributed by atoms with Crippen molar-refractivity contribution < 1.29 is 42.4 Å². The van der Waals surface area contributed by atoms with Gasteiger partial charge in [-0.2, -0.15) is 13.2 Å². The number of ketones is 1. The maximum atomic E-state index is 14.3. The van der Waals surface area contributed by atoms with Crippen LogP contribution in [0.4, 0.5) is 13.2 Å². The molecule has 0 bridgehead atoms. The van der Waals surface area contributed by atoms with Crippen LogP contribution in [-0.2, 0) is 19.1 Å². The molecule has 3 aliphatic rings. The average Bonchev–Trinajstić information content (AvgIpc) is 3.72. The maximum absolute atomic E-state index is 14.3. The highest BCUT2D eigenvalue weighted by atomic mass is 32.1. The monoisotopic (exact) mass is 573 g/mol. The van der Waals surface area contributed by atoms with Gasteiger partial charge in [-0.15, -0.1) is 11.3 Å². The summed E-state index contributed by atoms with van der Waals surface area (Å²) in [6.45, 7) is 9.83. The van der Waals surface area contributed by atoms with Gasteiger partial charge in [0.05, 0.1) is 34.7 Å². The van der Waals surface area contributed by atoms with Crippen LogP contribution in [-0.4, -0.2) is 63.1 Å². The lowest BCUT2D eigenvalue weighted by atomic mass is 9.72. The van der Waals surface area contributed by atoms with E-state index >= 15 is 0 Å². The first kappa shape index (κ1) is 30.1. The summed E-state index contributed by atoms with van der Waals surface area (Å²) >= 11 is 1.42. The van der Waals surface area contributed by atoms with Crippen LogP contribution in [0, 0.1) is 36.0 Å². The first-order valence-electron chi connectivity index (χ1n) is 13.4. The molecule has 0 unspecified atom stereocenters. The fraction of sp³-hybridized carbons (Fsp3) is 0.750. The van der Waals surface area contributed by atoms with E-state index in [-0.39, 0.29) is 24.7 Å². The third kappa shape index (κ3) is 5.96. The molecule has 2 N–H and O–H groups in total. The Bertz CT molecular complexity index is 1130. The second-order valence-electron chi connectivity index (χ2n) is 12.2. The van der Waals surface area contributed by atoms with Crippen molar-refractivity contribution in [1.82, 2.24) is 4.98 Å². The van der Waals surface area contributed by atoms with Crippen molar-refractivity contribution in [3.8, 4) is 0 Å². The highest BCUT2D eigenvalue weighted by molar-refractivity contribution is 7.09. The van der Waals surface area contributed by atoms with Crippen LogP contribution in [0.15, 0.2) is 11.0 Å². The maximum Gasteiger partial charge on any atom is 0.420 e. The lowest BCUT2D eigenvalue weighted by Crippen LogP contribution is -2.46. The van der Waals surface area contributed by atoms with Crippen LogP contribution < -0.4 is 0 Å². The number of halogens is 3. The number of epoxide rings is 1. The zero-order valence-corrected chi connectivity index (χ0v) is 23.9. The Labute approximate surface area is 230 Å². The second kappa shape index (κ2) is 10.5. The van der Waals surface area contributed by atoms with Crippen molar-refractivity contribution in [2.24, 2.45) is 29.1 Å². The number of hydrogen-bond acceptors (Lipinski definition) is 8. The van der Waals surface area contributed by atoms with E-state index in [1.54, 1.807) is 32.2 Å². The van der Waals surface area contributed by atoms with E-state index in [1.807, 2.05) is 6.92 Å². The number of aromatic nitrogens is 1. The molecule has 1 saturated carbocycles. The first-order valence-corrected chi connectivity index (χ1v) is 14.3. The van der Waals surface area contributed by atoms with E-state index in [0.29, 0.717) is 17.7 Å². The highest BCUT2D eigenvalue weighted by Crippen LogP contribution is 2.61. The van der Waals surface area contributed by atoms with Crippen LogP contribution in [0.5, 0.6) is 0 Å². The number of rotatable bonds is 2. The zero-order valence-electron chi connectivity index (χ0n) is 23.1. The van der Waals surface area contributed by atoms with Crippen molar-refractivity contribution in [2.45, 2.75) is 103 Å². The molecular weight excluding hydrogens is 535 g/mol. The Hall–Kier alpha value is -1.82. The summed E-state index contributed by atoms with van der Waals surface area (Å²) in [6, 6.07) is 0. The minimum Gasteiger partial charge on any atom is -0.458 e. The Kier molecular flexibility index (Phi) is 8.15. The summed E-state index contributed by atoms with van der Waals surface area (Å²) in [5.41, 5.74) is -2.60. The number of aliphatic hydroxyl groups excluding tert-OH is 2. The number of cyclic esters (lactones) is 1. The quantitative estimate of drug-likeness (QED) is 0.384. The van der Waals surface area contributed by atoms with E-state index in [4.69, 9.17) is 9.47 Å². The number of esters is 1. The minimum atomic E-state index is -4.63. The normalized spacial score (nSPS) is 39.9. The summed E-state index contributed by atoms with van der Waals surface area (Å²) in [7, 11) is 0. The molecule has 3 heterocycles. The summed E-state index contributed by atoms with van der Waals surface area (Å²) in [5.74, 6) is -3.05. The molecule has 0 radical (unpaired) electrons. The molecule has 1 aromatic rings. The molecule has 0 spiro atoms. The van der Waals surface area contributed by atoms with Gasteiger partial charge >= 0.3 is 12.1 Å². The second-order valence-corrected chi connectivity index (χ2v) is 13.3. The van der Waals surface area contributed by atoms with Gasteiger partial charge in [-0.25, -0.2) is 4.98 Å². The van der Waals surface area contributed by atoms with Crippen LogP contribution in [0.3, 0.4) is 0 Å². The van der Waals surface area contributed by atoms with Crippen LogP contribution in [0.1, 0.15) is 71.0 Å². The molecule has 7 nitrogen and oxygen atoms in total. The number of carbonyl (C=O) groups is 2. The van der Waals surface area contributed by atoms with Crippen LogP contribution >= 0.6 is 11.3 Å². The number of Topliss-reactive ketones (excluding diaryl/α,β-unsaturated/α-hetero) is 1. The number of carbonyl (C=O) groups excluding carboxylic acids is 2. The van der Waals surface area contributed by atoms with E-state index in [1.165, 1.54) is 25.2 Å². The Morgan fingerprint density at radius 2 is 1.87 bits per heavy atom. The molecule has 1 aromatic heterocycles. The van der Waals surface area contributed by atoms with Gasteiger partial charge in [-0.1, -0.05) is 27.7 Å². The third-order valence-electron chi connectivity index (χ3n) is 9.03. The standard InChI is InChI=1S/C28H38F3NO6S/c1-13(7-18-12-39-16(4)32-18)20-9-22-27(38-22,28(29,30)31)11-17-8-19(17)14(2)24(35)15(3)25(36)26(5,6)21(33)10-23(34)37-20/h7,12,14-15,17,19-22,24,33,35H,8-11H2,1-6H3/b13-7+/t14-,15+,17+,19-,20+,21-,22-,24-,27+/m0/s1. The first-order chi connectivity index (χ1) is 18.0. The average molecular weight is 574 g/mol. The summed E-state index contributed by atoms with van der Waals surface area (Å²) in [5, 5.41) is 24.5. The number of hydrogen-bond donors (Lipinski definition) is 2. The van der Waals surface area contributed by atoms with Gasteiger partial charge < -0.3 is 19.7 Å². The summed E-state index contributed by atoms with van der Waals surface area (Å²) < 4.78 is 54.1. The molecule has 11 heteroatoms. The molecule has 4 rings (SSSR count). The number of aryl methyl sites for hydroxylation is 1. The third-order valence-corrected chi connectivity index (χ3v) is 9.82. The SMILES string of the molecule is C/C(=C\c1csc(C)n1)[C@H]1C[C@@H]2O[C@]2(C(F)(F)F)C[C@H]2C[C@H]2[C@H](C)[C@H](O)[C@@H](C)C(=O)C(C)(C)[C@@H](O)CC(=O)O1. The number of ether oxygens (including phenoxy) is 2. The highest BCUT2D eigenvalue weighted by Gasteiger charge is 2.74. The van der Waals surface area contributed by atoms with E-state index in [0.717, 1.165) is 5.01 Å². The molecule has 2 saturated heterocycles. The van der Waals surface area contributed by atoms with Crippen molar-refractivity contribution in [3.63, 3.8) is 0 Å². The lowest BCUT2D eigenvalue weighted by molar-refractivity contribution is -0.187.